The molecule has 1 heterocycles. The minimum Gasteiger partial charge on any atom is -0.350 e. The Hall–Kier alpha value is -2.18. The topological polar surface area (TPSA) is 66.5 Å². The van der Waals surface area contributed by atoms with Gasteiger partial charge in [0.25, 0.3) is 5.91 Å². The van der Waals surface area contributed by atoms with E-state index in [2.05, 4.69) is 41.4 Å². The fourth-order valence-electron chi connectivity index (χ4n) is 3.47. The second-order valence-electron chi connectivity index (χ2n) is 7.32. The minimum atomic E-state index is -3.12. The van der Waals surface area contributed by atoms with Crippen LogP contribution in [-0.2, 0) is 28.6 Å². The Morgan fingerprint density at radius 1 is 1.15 bits per heavy atom. The average Bonchev–Trinajstić information content (AvgIpc) is 2.64. The third kappa shape index (κ3) is 5.40. The predicted molar refractivity (Wildman–Crippen MR) is 107 cm³/mol. The molecule has 1 N–H and O–H groups in total. The summed E-state index contributed by atoms with van der Waals surface area (Å²) in [6.45, 7) is 4.56. The largest absolute Gasteiger partial charge is 0.350 e. The van der Waals surface area contributed by atoms with Gasteiger partial charge in [-0.05, 0) is 42.2 Å². The highest BCUT2D eigenvalue weighted by atomic mass is 32.2. The van der Waals surface area contributed by atoms with E-state index in [1.165, 1.54) is 17.4 Å². The van der Waals surface area contributed by atoms with Gasteiger partial charge >= 0.3 is 0 Å². The van der Waals surface area contributed by atoms with Gasteiger partial charge in [-0.15, -0.1) is 0 Å². The number of carbonyl (C=O) groups is 1. The molecule has 1 unspecified atom stereocenters. The Kier molecular flexibility index (Phi) is 5.97. The molecule has 1 aliphatic heterocycles. The van der Waals surface area contributed by atoms with Crippen molar-refractivity contribution in [2.45, 2.75) is 31.7 Å². The van der Waals surface area contributed by atoms with Crippen molar-refractivity contribution in [1.29, 1.82) is 0 Å². The molecule has 0 saturated heterocycles. The van der Waals surface area contributed by atoms with Crippen LogP contribution < -0.4 is 5.32 Å². The second-order valence-corrected chi connectivity index (χ2v) is 9.46. The van der Waals surface area contributed by atoms with Crippen LogP contribution in [0.25, 0.3) is 0 Å². The van der Waals surface area contributed by atoms with Crippen LogP contribution in [0.4, 0.5) is 0 Å². The summed E-state index contributed by atoms with van der Waals surface area (Å²) in [5, 5.41) is 2.98. The number of sulfone groups is 1. The van der Waals surface area contributed by atoms with Gasteiger partial charge < -0.3 is 5.32 Å². The molecule has 0 radical (unpaired) electrons. The highest BCUT2D eigenvalue weighted by Crippen LogP contribution is 2.20. The van der Waals surface area contributed by atoms with Crippen LogP contribution in [0.5, 0.6) is 0 Å². The molecule has 1 aliphatic rings. The molecule has 1 amide bonds. The number of carbonyl (C=O) groups excluding carboxylic acids is 1. The molecule has 6 heteroatoms. The summed E-state index contributed by atoms with van der Waals surface area (Å²) in [6.07, 6.45) is 2.22. The van der Waals surface area contributed by atoms with E-state index in [1.54, 1.807) is 24.3 Å². The highest BCUT2D eigenvalue weighted by Gasteiger charge is 2.21. The number of hydrogen-bond donors (Lipinski definition) is 1. The fraction of sp³-hybridized carbons (Fsp3) is 0.381. The lowest BCUT2D eigenvalue weighted by atomic mass is 9.99. The normalized spacial score (nSPS) is 15.8. The van der Waals surface area contributed by atoms with Crippen LogP contribution >= 0.6 is 0 Å². The lowest BCUT2D eigenvalue weighted by molar-refractivity contribution is 0.0932. The molecule has 0 spiro atoms. The first-order chi connectivity index (χ1) is 12.8. The second kappa shape index (κ2) is 8.23. The van der Waals surface area contributed by atoms with E-state index in [0.29, 0.717) is 17.7 Å². The van der Waals surface area contributed by atoms with Crippen molar-refractivity contribution < 1.29 is 13.2 Å². The number of rotatable bonds is 6. The van der Waals surface area contributed by atoms with E-state index < -0.39 is 9.84 Å². The molecular weight excluding hydrogens is 360 g/mol. The van der Waals surface area contributed by atoms with Gasteiger partial charge in [0.2, 0.25) is 0 Å². The van der Waals surface area contributed by atoms with Gasteiger partial charge in [-0.25, -0.2) is 8.42 Å². The van der Waals surface area contributed by atoms with E-state index in [0.717, 1.165) is 19.5 Å². The molecule has 144 valence electrons. The quantitative estimate of drug-likeness (QED) is 0.828. The maximum absolute atomic E-state index is 12.5. The van der Waals surface area contributed by atoms with Crippen molar-refractivity contribution in [3.63, 3.8) is 0 Å². The minimum absolute atomic E-state index is 0.0578. The van der Waals surface area contributed by atoms with Gasteiger partial charge in [-0.2, -0.15) is 0 Å². The zero-order valence-corrected chi connectivity index (χ0v) is 16.6. The van der Waals surface area contributed by atoms with E-state index in [9.17, 15) is 13.2 Å². The van der Waals surface area contributed by atoms with E-state index in [4.69, 9.17) is 0 Å². The molecule has 0 fully saturated rings. The Bertz CT molecular complexity index is 925. The van der Waals surface area contributed by atoms with Crippen LogP contribution in [0, 0.1) is 0 Å². The molecule has 5 nitrogen and oxygen atoms in total. The Labute approximate surface area is 161 Å². The standard InChI is InChI=1S/C21H26N2O3S/c1-16(23-11-10-18-7-3-4-8-20(18)14-23)13-22-21(24)19-9-5-6-17(12-19)15-27(2,25)26/h3-9,12,16H,10-11,13-15H2,1-2H3,(H,22,24). The maximum atomic E-state index is 12.5. The molecule has 0 aromatic heterocycles. The van der Waals surface area contributed by atoms with Crippen molar-refractivity contribution in [2.24, 2.45) is 0 Å². The molecule has 1 atom stereocenters. The van der Waals surface area contributed by atoms with Gasteiger partial charge in [-0.1, -0.05) is 36.4 Å². The zero-order valence-electron chi connectivity index (χ0n) is 15.8. The van der Waals surface area contributed by atoms with E-state index in [1.807, 2.05) is 0 Å². The Morgan fingerprint density at radius 2 is 1.89 bits per heavy atom. The van der Waals surface area contributed by atoms with E-state index in [-0.39, 0.29) is 17.7 Å². The molecule has 2 aromatic rings. The van der Waals surface area contributed by atoms with Gasteiger partial charge in [0.15, 0.2) is 9.84 Å². The highest BCUT2D eigenvalue weighted by molar-refractivity contribution is 7.89. The molecule has 27 heavy (non-hydrogen) atoms. The summed E-state index contributed by atoms with van der Waals surface area (Å²) in [6, 6.07) is 15.5. The maximum Gasteiger partial charge on any atom is 0.251 e. The van der Waals surface area contributed by atoms with Crippen LogP contribution in [0.2, 0.25) is 0 Å². The summed E-state index contributed by atoms with van der Waals surface area (Å²) in [5.74, 6) is -0.229. The molecule has 0 aliphatic carbocycles. The molecular formula is C21H26N2O3S. The number of amides is 1. The van der Waals surface area contributed by atoms with Gasteiger partial charge in [0, 0.05) is 37.5 Å². The first kappa shape index (κ1) is 19.6. The van der Waals surface area contributed by atoms with Crippen LogP contribution in [-0.4, -0.2) is 44.6 Å². The summed E-state index contributed by atoms with van der Waals surface area (Å²) in [7, 11) is -3.12. The smallest absolute Gasteiger partial charge is 0.251 e. The van der Waals surface area contributed by atoms with Gasteiger partial charge in [0.05, 0.1) is 5.75 Å². The number of hydrogen-bond acceptors (Lipinski definition) is 4. The Morgan fingerprint density at radius 3 is 2.63 bits per heavy atom. The van der Waals surface area contributed by atoms with Crippen molar-refractivity contribution in [3.05, 3.63) is 70.8 Å². The lowest BCUT2D eigenvalue weighted by Crippen LogP contribution is -2.44. The molecule has 0 saturated carbocycles. The average molecular weight is 387 g/mol. The predicted octanol–water partition coefficient (Wildman–Crippen LogP) is 2.41. The number of nitrogens with zero attached hydrogens (tertiary/aromatic N) is 1. The van der Waals surface area contributed by atoms with Gasteiger partial charge in [-0.3, -0.25) is 9.69 Å². The first-order valence-electron chi connectivity index (χ1n) is 9.17. The lowest BCUT2D eigenvalue weighted by Gasteiger charge is -2.33. The third-order valence-electron chi connectivity index (χ3n) is 4.96. The molecule has 2 aromatic carbocycles. The summed E-state index contributed by atoms with van der Waals surface area (Å²) < 4.78 is 22.9. The first-order valence-corrected chi connectivity index (χ1v) is 11.2. The molecule has 3 rings (SSSR count). The fourth-order valence-corrected chi connectivity index (χ4v) is 4.26. The van der Waals surface area contributed by atoms with Crippen LogP contribution in [0.1, 0.15) is 34.0 Å². The van der Waals surface area contributed by atoms with Crippen molar-refractivity contribution in [3.8, 4) is 0 Å². The summed E-state index contributed by atoms with van der Waals surface area (Å²) in [4.78, 5) is 14.8. The van der Waals surface area contributed by atoms with E-state index >= 15 is 0 Å². The SMILES string of the molecule is CC(CNC(=O)c1cccc(CS(C)(=O)=O)c1)N1CCc2ccccc2C1. The number of fused-ring (bicyclic) bond motifs is 1. The van der Waals surface area contributed by atoms with Crippen molar-refractivity contribution in [2.75, 3.05) is 19.3 Å². The summed E-state index contributed by atoms with van der Waals surface area (Å²) >= 11 is 0. The summed E-state index contributed by atoms with van der Waals surface area (Å²) in [5.41, 5.74) is 3.89. The number of nitrogens with one attached hydrogen (secondary N) is 1. The van der Waals surface area contributed by atoms with Crippen molar-refractivity contribution in [1.82, 2.24) is 10.2 Å². The third-order valence-corrected chi connectivity index (χ3v) is 5.82. The van der Waals surface area contributed by atoms with Gasteiger partial charge in [0.1, 0.15) is 0 Å². The zero-order chi connectivity index (χ0) is 19.4. The van der Waals surface area contributed by atoms with Crippen molar-refractivity contribution >= 4 is 15.7 Å². The monoisotopic (exact) mass is 386 g/mol. The van der Waals surface area contributed by atoms with Crippen LogP contribution in [0.15, 0.2) is 48.5 Å². The molecule has 0 bridgehead atoms. The Balaban J connectivity index is 1.57. The number of benzene rings is 2. The van der Waals surface area contributed by atoms with Crippen LogP contribution in [0.3, 0.4) is 0 Å².